The minimum Gasteiger partial charge on any atom is -0.367 e. The number of anilines is 1. The van der Waals surface area contributed by atoms with Crippen LogP contribution in [0.25, 0.3) is 0 Å². The van der Waals surface area contributed by atoms with Crippen LogP contribution in [0.4, 0.5) is 10.2 Å². The van der Waals surface area contributed by atoms with Crippen LogP contribution in [0, 0.1) is 5.95 Å². The Morgan fingerprint density at radius 1 is 1.36 bits per heavy atom. The lowest BCUT2D eigenvalue weighted by atomic mass is 10.0. The number of allylic oxidation sites excluding steroid dienone is 1. The number of aromatic nitrogens is 2. The molecule has 0 radical (unpaired) electrons. The number of hydrogen-bond donors (Lipinski definition) is 1. The highest BCUT2D eigenvalue weighted by Crippen LogP contribution is 2.15. The van der Waals surface area contributed by atoms with Crippen LogP contribution < -0.4 is 5.32 Å². The molecule has 0 amide bonds. The van der Waals surface area contributed by atoms with Crippen LogP contribution >= 0.6 is 0 Å². The van der Waals surface area contributed by atoms with Crippen LogP contribution in [-0.4, -0.2) is 16.0 Å². The monoisotopic (exact) mass is 193 g/mol. The lowest BCUT2D eigenvalue weighted by molar-refractivity contribution is 0.577. The summed E-state index contributed by atoms with van der Waals surface area (Å²) in [5.74, 6) is 0.0756. The SMILES string of the molecule is Fc1cc(NC2CC=CCC2)ncn1. The minimum absolute atomic E-state index is 0.370. The summed E-state index contributed by atoms with van der Waals surface area (Å²) < 4.78 is 12.7. The van der Waals surface area contributed by atoms with E-state index in [0.717, 1.165) is 19.3 Å². The zero-order valence-corrected chi connectivity index (χ0v) is 7.78. The van der Waals surface area contributed by atoms with Crippen LogP contribution in [0.2, 0.25) is 0 Å². The number of halogens is 1. The number of nitrogens with one attached hydrogen (secondary N) is 1. The standard InChI is InChI=1S/C10H12FN3/c11-9-6-10(13-7-12-9)14-8-4-2-1-3-5-8/h1-2,6-8H,3-5H2,(H,12,13,14). The summed E-state index contributed by atoms with van der Waals surface area (Å²) in [6.07, 6.45) is 8.66. The number of hydrogen-bond acceptors (Lipinski definition) is 3. The zero-order chi connectivity index (χ0) is 9.80. The molecule has 1 unspecified atom stereocenters. The second kappa shape index (κ2) is 4.17. The summed E-state index contributed by atoms with van der Waals surface area (Å²) in [7, 11) is 0. The Labute approximate surface area is 82.1 Å². The Kier molecular flexibility index (Phi) is 2.72. The van der Waals surface area contributed by atoms with Crippen LogP contribution in [0.15, 0.2) is 24.5 Å². The molecule has 1 aliphatic rings. The van der Waals surface area contributed by atoms with Crippen molar-refractivity contribution in [3.63, 3.8) is 0 Å². The van der Waals surface area contributed by atoms with E-state index < -0.39 is 5.95 Å². The summed E-state index contributed by atoms with van der Waals surface area (Å²) >= 11 is 0. The predicted molar refractivity (Wildman–Crippen MR) is 52.4 cm³/mol. The summed E-state index contributed by atoms with van der Waals surface area (Å²) in [6.45, 7) is 0. The highest BCUT2D eigenvalue weighted by molar-refractivity contribution is 5.34. The van der Waals surface area contributed by atoms with Crippen molar-refractivity contribution < 1.29 is 4.39 Å². The van der Waals surface area contributed by atoms with Crippen molar-refractivity contribution in [2.75, 3.05) is 5.32 Å². The molecular weight excluding hydrogens is 181 g/mol. The summed E-state index contributed by atoms with van der Waals surface area (Å²) in [5, 5.41) is 3.18. The second-order valence-corrected chi connectivity index (χ2v) is 3.35. The van der Waals surface area contributed by atoms with Gasteiger partial charge in [0.25, 0.3) is 0 Å². The van der Waals surface area contributed by atoms with Gasteiger partial charge in [-0.3, -0.25) is 0 Å². The van der Waals surface area contributed by atoms with E-state index in [1.54, 1.807) is 0 Å². The number of rotatable bonds is 2. The zero-order valence-electron chi connectivity index (χ0n) is 7.78. The summed E-state index contributed by atoms with van der Waals surface area (Å²) in [4.78, 5) is 7.35. The molecule has 14 heavy (non-hydrogen) atoms. The number of nitrogens with zero attached hydrogens (tertiary/aromatic N) is 2. The average molecular weight is 193 g/mol. The second-order valence-electron chi connectivity index (χ2n) is 3.35. The molecule has 0 aliphatic heterocycles. The Morgan fingerprint density at radius 3 is 3.00 bits per heavy atom. The first-order valence-corrected chi connectivity index (χ1v) is 4.73. The van der Waals surface area contributed by atoms with Gasteiger partial charge in [-0.1, -0.05) is 12.2 Å². The molecule has 0 bridgehead atoms. The fourth-order valence-corrected chi connectivity index (χ4v) is 1.55. The van der Waals surface area contributed by atoms with Gasteiger partial charge >= 0.3 is 0 Å². The maximum Gasteiger partial charge on any atom is 0.217 e. The lowest BCUT2D eigenvalue weighted by Crippen LogP contribution is -2.21. The van der Waals surface area contributed by atoms with Crippen LogP contribution in [0.5, 0.6) is 0 Å². The van der Waals surface area contributed by atoms with Gasteiger partial charge in [0.05, 0.1) is 0 Å². The van der Waals surface area contributed by atoms with E-state index in [2.05, 4.69) is 27.4 Å². The molecule has 0 saturated carbocycles. The summed E-state index contributed by atoms with van der Waals surface area (Å²) in [5.41, 5.74) is 0. The maximum atomic E-state index is 12.7. The Hall–Kier alpha value is -1.45. The van der Waals surface area contributed by atoms with Gasteiger partial charge in [0.15, 0.2) is 0 Å². The smallest absolute Gasteiger partial charge is 0.217 e. The molecular formula is C10H12FN3. The van der Waals surface area contributed by atoms with E-state index in [0.29, 0.717) is 11.9 Å². The van der Waals surface area contributed by atoms with Gasteiger partial charge in [-0.05, 0) is 19.3 Å². The third-order valence-corrected chi connectivity index (χ3v) is 2.25. The third kappa shape index (κ3) is 2.28. The van der Waals surface area contributed by atoms with Crippen LogP contribution in [0.1, 0.15) is 19.3 Å². The fraction of sp³-hybridized carbons (Fsp3) is 0.400. The quantitative estimate of drug-likeness (QED) is 0.577. The van der Waals surface area contributed by atoms with Crippen molar-refractivity contribution in [3.05, 3.63) is 30.5 Å². The van der Waals surface area contributed by atoms with Gasteiger partial charge in [-0.2, -0.15) is 4.39 Å². The first-order valence-electron chi connectivity index (χ1n) is 4.73. The van der Waals surface area contributed by atoms with Crippen LogP contribution in [-0.2, 0) is 0 Å². The first kappa shape index (κ1) is 9.12. The van der Waals surface area contributed by atoms with Crippen molar-refractivity contribution in [3.8, 4) is 0 Å². The Bertz CT molecular complexity index is 338. The largest absolute Gasteiger partial charge is 0.367 e. The predicted octanol–water partition coefficient (Wildman–Crippen LogP) is 2.14. The molecule has 0 spiro atoms. The van der Waals surface area contributed by atoms with Gasteiger partial charge in [0.1, 0.15) is 12.1 Å². The molecule has 0 saturated heterocycles. The fourth-order valence-electron chi connectivity index (χ4n) is 1.55. The molecule has 74 valence electrons. The van der Waals surface area contributed by atoms with Gasteiger partial charge in [0.2, 0.25) is 5.95 Å². The average Bonchev–Trinajstić information content (AvgIpc) is 2.19. The van der Waals surface area contributed by atoms with E-state index in [1.807, 2.05) is 0 Å². The Morgan fingerprint density at radius 2 is 2.29 bits per heavy atom. The third-order valence-electron chi connectivity index (χ3n) is 2.25. The Balaban J connectivity index is 1.99. The molecule has 1 aliphatic carbocycles. The van der Waals surface area contributed by atoms with Gasteiger partial charge < -0.3 is 5.32 Å². The van der Waals surface area contributed by atoms with Crippen molar-refractivity contribution in [1.29, 1.82) is 0 Å². The summed E-state index contributed by atoms with van der Waals surface area (Å²) in [6, 6.07) is 1.69. The van der Waals surface area contributed by atoms with E-state index in [1.165, 1.54) is 12.4 Å². The van der Waals surface area contributed by atoms with Crippen molar-refractivity contribution in [2.24, 2.45) is 0 Å². The molecule has 4 heteroatoms. The molecule has 2 rings (SSSR count). The molecule has 1 N–H and O–H groups in total. The highest BCUT2D eigenvalue weighted by atomic mass is 19.1. The molecule has 0 fully saturated rings. The maximum absolute atomic E-state index is 12.7. The minimum atomic E-state index is -0.492. The normalized spacial score (nSPS) is 20.8. The molecule has 1 aromatic rings. The lowest BCUT2D eigenvalue weighted by Gasteiger charge is -2.19. The van der Waals surface area contributed by atoms with Gasteiger partial charge in [-0.15, -0.1) is 0 Å². The molecule has 1 atom stereocenters. The first-order chi connectivity index (χ1) is 6.84. The van der Waals surface area contributed by atoms with Gasteiger partial charge in [0, 0.05) is 12.1 Å². The molecule has 1 heterocycles. The van der Waals surface area contributed by atoms with E-state index in [4.69, 9.17) is 0 Å². The van der Waals surface area contributed by atoms with Crippen molar-refractivity contribution in [2.45, 2.75) is 25.3 Å². The van der Waals surface area contributed by atoms with Crippen molar-refractivity contribution in [1.82, 2.24) is 9.97 Å². The van der Waals surface area contributed by atoms with Crippen molar-refractivity contribution >= 4 is 5.82 Å². The molecule has 1 aromatic heterocycles. The highest BCUT2D eigenvalue weighted by Gasteiger charge is 2.09. The molecule has 3 nitrogen and oxygen atoms in total. The van der Waals surface area contributed by atoms with E-state index in [-0.39, 0.29) is 0 Å². The van der Waals surface area contributed by atoms with Crippen LogP contribution in [0.3, 0.4) is 0 Å². The van der Waals surface area contributed by atoms with Gasteiger partial charge in [-0.25, -0.2) is 9.97 Å². The van der Waals surface area contributed by atoms with E-state index in [9.17, 15) is 4.39 Å². The van der Waals surface area contributed by atoms with E-state index >= 15 is 0 Å². The topological polar surface area (TPSA) is 37.8 Å². The molecule has 0 aromatic carbocycles.